The third kappa shape index (κ3) is 48.5. The second kappa shape index (κ2) is 70.2. The Kier molecular flexibility index (Phi) is 64.7. The van der Waals surface area contributed by atoms with Crippen molar-refractivity contribution in [3.05, 3.63) is 108 Å². The molecule has 29 N–H and O–H groups in total. The van der Waals surface area contributed by atoms with E-state index in [4.69, 9.17) is 23.1 Å². The number of nitrogens with zero attached hydrogens (tertiary/aromatic N) is 2. The molecule has 2 aliphatic heterocycles. The van der Waals surface area contributed by atoms with Gasteiger partial charge in [0.25, 0.3) is 11.8 Å². The van der Waals surface area contributed by atoms with Crippen LogP contribution in [-0.2, 0) is 128 Å². The molecule has 3 aromatic rings. The van der Waals surface area contributed by atoms with Crippen molar-refractivity contribution in [2.24, 2.45) is 23.3 Å². The molecule has 24 amide bonds. The molecule has 0 spiro atoms. The van der Waals surface area contributed by atoms with Gasteiger partial charge < -0.3 is 153 Å². The minimum absolute atomic E-state index is 0. The zero-order valence-corrected chi connectivity index (χ0v) is 88.2. The lowest BCUT2D eigenvalue weighted by Gasteiger charge is -2.26. The molecular weight excluding hydrogens is 2050 g/mol. The number of halogens is 1. The molecule has 5 rings (SSSR count). The Hall–Kier alpha value is -13.6. The molecule has 2 fully saturated rings. The van der Waals surface area contributed by atoms with Crippen LogP contribution in [0, 0.1) is 11.8 Å². The summed E-state index contributed by atoms with van der Waals surface area (Å²) < 4.78 is 0. The average molecular weight is 2190 g/mol. The highest BCUT2D eigenvalue weighted by Crippen LogP contribution is 2.25. The van der Waals surface area contributed by atoms with Crippen LogP contribution < -0.4 is 123 Å². The molecule has 3 heterocycles. The maximum atomic E-state index is 14.0. The van der Waals surface area contributed by atoms with Crippen molar-refractivity contribution in [1.29, 1.82) is 0 Å². The van der Waals surface area contributed by atoms with Gasteiger partial charge in [-0.1, -0.05) is 103 Å². The van der Waals surface area contributed by atoms with Gasteiger partial charge in [-0.25, -0.2) is 0 Å². The van der Waals surface area contributed by atoms with E-state index in [1.165, 1.54) is 19.9 Å². The molecule has 12 unspecified atom stereocenters. The number of carbonyl (C=O) groups excluding carboxylic acids is 24. The van der Waals surface area contributed by atoms with Crippen molar-refractivity contribution < 1.29 is 130 Å². The van der Waals surface area contributed by atoms with E-state index < -0.39 is 312 Å². The number of rotatable bonds is 54. The monoisotopic (exact) mass is 2180 g/mol. The molecule has 818 valence electrons. The Morgan fingerprint density at radius 3 is 1.51 bits per heavy atom. The highest BCUT2D eigenvalue weighted by molar-refractivity contribution is 7.79. The van der Waals surface area contributed by atoms with Crippen molar-refractivity contribution in [3.8, 4) is 0 Å². The van der Waals surface area contributed by atoms with Gasteiger partial charge >= 0.3 is 0 Å². The Bertz CT molecular complexity index is 5140. The Morgan fingerprint density at radius 2 is 0.973 bits per heavy atom. The van der Waals surface area contributed by atoms with Crippen LogP contribution in [0.1, 0.15) is 99.1 Å². The van der Waals surface area contributed by atoms with Crippen LogP contribution in [0.2, 0.25) is 5.02 Å². The molecular formula is C88H137ClN26O27S5. The summed E-state index contributed by atoms with van der Waals surface area (Å²) in [6.07, 6.45) is -0.295. The minimum atomic E-state index is -1.96. The van der Waals surface area contributed by atoms with E-state index in [1.807, 2.05) is 13.8 Å². The molecule has 0 radical (unpaired) electrons. The van der Waals surface area contributed by atoms with E-state index >= 15 is 0 Å². The van der Waals surface area contributed by atoms with Gasteiger partial charge in [0.15, 0.2) is 0 Å². The fourth-order valence-electron chi connectivity index (χ4n) is 13.2. The summed E-state index contributed by atoms with van der Waals surface area (Å²) in [5.74, 6) is -23.1. The average Bonchev–Trinajstić information content (AvgIpc) is 1.65. The molecule has 2 saturated heterocycles. The lowest BCUT2D eigenvalue weighted by atomic mass is 10.0. The number of H-pyrrole nitrogens is 1. The molecule has 53 nitrogen and oxygen atoms in total. The topological polar surface area (TPSA) is 797 Å². The van der Waals surface area contributed by atoms with Crippen molar-refractivity contribution in [1.82, 2.24) is 126 Å². The Labute approximate surface area is 885 Å². The van der Waals surface area contributed by atoms with Gasteiger partial charge in [0.05, 0.1) is 115 Å². The number of likely N-dealkylation sites (tertiary alicyclic amines) is 2. The van der Waals surface area contributed by atoms with Crippen molar-refractivity contribution in [2.45, 2.75) is 174 Å². The molecule has 2 aliphatic rings. The zero-order chi connectivity index (χ0) is 108. The Morgan fingerprint density at radius 1 is 0.510 bits per heavy atom. The van der Waals surface area contributed by atoms with Gasteiger partial charge in [-0.2, -0.15) is 66.6 Å². The first-order chi connectivity index (χ1) is 67.6. The van der Waals surface area contributed by atoms with Crippen LogP contribution in [0.5, 0.6) is 0 Å². The van der Waals surface area contributed by atoms with Gasteiger partial charge in [-0.05, 0) is 93.7 Å². The number of nitrogens with one attached hydrogen (secondary N) is 22. The van der Waals surface area contributed by atoms with Crippen LogP contribution in [0.4, 0.5) is 0 Å². The molecule has 59 heteroatoms. The number of allylic oxidation sites excluding steroid dienone is 1. The highest BCUT2D eigenvalue weighted by Gasteiger charge is 2.47. The van der Waals surface area contributed by atoms with Crippen LogP contribution >= 0.6 is 78.2 Å². The standard InChI is InChI=1S/C85H119ClN26O27.C2H6.CH4S.4H2S/c1-10-50(107-83(137)71(88)42(5)6)77(131)98-37-67(124)105-54(24-47-27-90-51-20-19-48(86)25-49(47)51)81(135)104-44(8)76(130)108-52(22-41(3)4)78(132)97-31-64(121)95-38-69(126)111-21-15-18-56(111)82(136)100-32-62(119)94-35-68(125)110-72(45(9)113)84(138)102-39-70(127)112-40-57(114)74(128)73(112)85(139)101-33-63(120)92-28-60(117)91-29-61(118)93-34-66(123)106-55(26-58(87)115)80(134)99-36-65(122)103-43(7)75(129)109-53(23-46-16-13-12-14-17-46)79(133)96-30-59(116)89-11-2;2*1-2;;;;/h10-14,16-17,19-20,25,27,41-43,45,52-57,71-74,90,113-114,128H,2,8,15,18,21-24,26,28-40,88H2,1,3-7,9H3,(H2,87,115)(H,89,116)(H,91,117)(H,92,120)(H,93,118)(H,94,119)(H,95,121)(H,96,133)(H,97,132)(H,98,131)(H,99,134)(H,100,136)(H,101,139)(H,102,138)(H,103,122)(H,104,135)(H,105,124)(H,106,123)(H,107,137)(H,108,130)(H,109,129)(H,110,125);1-2H3;2H,1H3;4*1H2/b50-10+;;;;;;. The quantitative estimate of drug-likeness (QED) is 0.0184. The fourth-order valence-corrected chi connectivity index (χ4v) is 13.4. The highest BCUT2D eigenvalue weighted by atomic mass is 35.5. The van der Waals surface area contributed by atoms with E-state index in [9.17, 15) is 130 Å². The molecule has 147 heavy (non-hydrogen) atoms. The summed E-state index contributed by atoms with van der Waals surface area (Å²) in [6.45, 7) is 11.7. The van der Waals surface area contributed by atoms with Gasteiger partial charge in [-0.15, -0.1) is 0 Å². The third-order valence-corrected chi connectivity index (χ3v) is 20.9. The maximum Gasteiger partial charge on any atom is 0.267 e. The van der Waals surface area contributed by atoms with Crippen molar-refractivity contribution in [2.75, 3.05) is 97.9 Å². The summed E-state index contributed by atoms with van der Waals surface area (Å²) in [4.78, 5) is 317. The van der Waals surface area contributed by atoms with Gasteiger partial charge in [-0.3, -0.25) is 115 Å². The summed E-state index contributed by atoms with van der Waals surface area (Å²) in [7, 11) is 0. The number of benzene rings is 2. The number of nitrogens with two attached hydrogens (primary N) is 2. The van der Waals surface area contributed by atoms with Crippen molar-refractivity contribution in [3.63, 3.8) is 0 Å². The number of amides is 24. The number of fused-ring (bicyclic) bond motifs is 1. The predicted octanol–water partition coefficient (Wildman–Crippen LogP) is -10.9. The first-order valence-electron chi connectivity index (χ1n) is 45.0. The zero-order valence-electron chi connectivity index (χ0n) is 82.5. The van der Waals surface area contributed by atoms with Crippen LogP contribution in [0.3, 0.4) is 0 Å². The fraction of sp³-hybridized carbons (Fsp3) is 0.500. The number of aliphatic hydroxyl groups excluding tert-OH is 3. The van der Waals surface area contributed by atoms with E-state index in [1.54, 1.807) is 88.7 Å². The van der Waals surface area contributed by atoms with E-state index in [0.29, 0.717) is 38.4 Å². The van der Waals surface area contributed by atoms with E-state index in [-0.39, 0.29) is 104 Å². The molecule has 2 aromatic carbocycles. The largest absolute Gasteiger partial charge is 0.391 e. The number of aromatic amines is 1. The number of aromatic nitrogens is 1. The van der Waals surface area contributed by atoms with E-state index in [2.05, 4.69) is 142 Å². The first-order valence-corrected chi connectivity index (χ1v) is 46.2. The predicted molar refractivity (Wildman–Crippen MR) is 556 cm³/mol. The number of carbonyl (C=O) groups is 24. The number of thiol groups is 1. The number of primary amides is 1. The van der Waals surface area contributed by atoms with Crippen molar-refractivity contribution >= 4 is 231 Å². The van der Waals surface area contributed by atoms with Gasteiger partial charge in [0.1, 0.15) is 60.1 Å². The third-order valence-electron chi connectivity index (χ3n) is 20.6. The number of β-amino-alcohol motifs (C(OH)–C–C–N with tert-alkyl or cyclic N) is 1. The van der Waals surface area contributed by atoms with Crippen LogP contribution in [0.25, 0.3) is 10.9 Å². The summed E-state index contributed by atoms with van der Waals surface area (Å²) in [6, 6.07) is 0.637. The second-order valence-electron chi connectivity index (χ2n) is 32.5. The molecule has 1 aromatic heterocycles. The molecule has 0 aliphatic carbocycles. The lowest BCUT2D eigenvalue weighted by molar-refractivity contribution is -0.141. The first kappa shape index (κ1) is 135. The smallest absolute Gasteiger partial charge is 0.267 e. The summed E-state index contributed by atoms with van der Waals surface area (Å²) in [5, 5.41) is 80.6. The lowest BCUT2D eigenvalue weighted by Crippen LogP contribution is -2.57. The molecule has 12 atom stereocenters. The summed E-state index contributed by atoms with van der Waals surface area (Å²) in [5.41, 5.74) is 12.2. The minimum Gasteiger partial charge on any atom is -0.391 e. The van der Waals surface area contributed by atoms with Gasteiger partial charge in [0, 0.05) is 41.5 Å². The molecule has 0 bridgehead atoms. The van der Waals surface area contributed by atoms with Gasteiger partial charge in [0.2, 0.25) is 130 Å². The second-order valence-corrected chi connectivity index (χ2v) is 32.9. The molecule has 0 saturated carbocycles. The number of hydrogen-bond donors (Lipinski definition) is 28. The number of hydrogen-bond acceptors (Lipinski definition) is 29. The van der Waals surface area contributed by atoms with Crippen LogP contribution in [-0.4, -0.2) is 342 Å². The summed E-state index contributed by atoms with van der Waals surface area (Å²) >= 11 is 9.80. The Balaban J connectivity index is 0. The number of aliphatic hydroxyl groups is 3. The maximum absolute atomic E-state index is 14.0. The normalized spacial score (nSPS) is 15.2. The van der Waals surface area contributed by atoms with E-state index in [0.717, 1.165) is 18.0 Å². The van der Waals surface area contributed by atoms with Crippen LogP contribution in [0.15, 0.2) is 91.6 Å². The SMILES string of the molecule is C=CNC(=O)CNC(=O)C(Cc1ccccc1)NC(=O)C(C)NC(=O)CNC(=O)C(CC(N)=O)NC(=O)CNC(=O)CNC(=O)CNC(=O)CNC(=O)C1C(O)C(O)CN1C(=O)CNC(=O)C(NC(=O)CNC(=O)CNC(=O)C1CCCN1C(=O)CNC(=O)CNC(=O)C(CC(C)C)NC(=O)C(=C)NC(=O)C(Cc1c[nH]c2ccc(Cl)cc12)NC(=O)CNC(=O)/C(=C\C)NC(=O)C(N)C(C)C)C(C)O.CC.CS.S.S.S.S.